The van der Waals surface area contributed by atoms with Gasteiger partial charge in [0.1, 0.15) is 5.82 Å². The van der Waals surface area contributed by atoms with E-state index in [2.05, 4.69) is 10.2 Å². The Hall–Kier alpha value is -3.48. The summed E-state index contributed by atoms with van der Waals surface area (Å²) in [6.07, 6.45) is 0. The maximum absolute atomic E-state index is 12.9. The van der Waals surface area contributed by atoms with Crippen LogP contribution in [0, 0.1) is 5.82 Å². The van der Waals surface area contributed by atoms with E-state index in [1.54, 1.807) is 32.4 Å². The number of benzene rings is 2. The van der Waals surface area contributed by atoms with Gasteiger partial charge in [0.15, 0.2) is 11.5 Å². The first-order valence-corrected chi connectivity index (χ1v) is 7.64. The lowest BCUT2D eigenvalue weighted by atomic mass is 10.1. The number of methoxy groups -OCH3 is 2. The third-order valence-electron chi connectivity index (χ3n) is 3.60. The molecule has 0 saturated carbocycles. The SMILES string of the molecule is COc1ccc(-c2ccc(OC(=O)c3ccc(F)cc3)nn2)cc1OC. The first-order chi connectivity index (χ1) is 12.6. The Morgan fingerprint density at radius 2 is 1.62 bits per heavy atom. The van der Waals surface area contributed by atoms with E-state index in [0.29, 0.717) is 17.2 Å². The summed E-state index contributed by atoms with van der Waals surface area (Å²) in [5.74, 6) is 0.148. The summed E-state index contributed by atoms with van der Waals surface area (Å²) < 4.78 is 28.5. The first-order valence-electron chi connectivity index (χ1n) is 7.64. The summed E-state index contributed by atoms with van der Waals surface area (Å²) in [6, 6.07) is 13.6. The molecule has 0 aliphatic heterocycles. The number of hydrogen-bond donors (Lipinski definition) is 0. The Kier molecular flexibility index (Phi) is 5.07. The third kappa shape index (κ3) is 3.77. The molecule has 26 heavy (non-hydrogen) atoms. The average Bonchev–Trinajstić information content (AvgIpc) is 2.68. The molecule has 0 N–H and O–H groups in total. The molecule has 3 aromatic rings. The molecule has 0 radical (unpaired) electrons. The van der Waals surface area contributed by atoms with E-state index in [0.717, 1.165) is 5.56 Å². The highest BCUT2D eigenvalue weighted by atomic mass is 19.1. The van der Waals surface area contributed by atoms with Crippen LogP contribution in [0.4, 0.5) is 4.39 Å². The smallest absolute Gasteiger partial charge is 0.344 e. The van der Waals surface area contributed by atoms with Crippen LogP contribution >= 0.6 is 0 Å². The molecule has 7 heteroatoms. The van der Waals surface area contributed by atoms with Crippen LogP contribution in [0.3, 0.4) is 0 Å². The molecule has 0 bridgehead atoms. The van der Waals surface area contributed by atoms with Crippen LogP contribution in [0.15, 0.2) is 54.6 Å². The zero-order valence-corrected chi connectivity index (χ0v) is 14.1. The number of rotatable bonds is 5. The van der Waals surface area contributed by atoms with Crippen LogP contribution in [0.1, 0.15) is 10.4 Å². The number of carbonyl (C=O) groups excluding carboxylic acids is 1. The molecule has 0 aliphatic carbocycles. The van der Waals surface area contributed by atoms with Gasteiger partial charge in [-0.2, -0.15) is 0 Å². The largest absolute Gasteiger partial charge is 0.493 e. The Morgan fingerprint density at radius 3 is 2.23 bits per heavy atom. The second-order valence-electron chi connectivity index (χ2n) is 5.22. The van der Waals surface area contributed by atoms with Gasteiger partial charge in [0, 0.05) is 11.6 Å². The fourth-order valence-electron chi connectivity index (χ4n) is 2.26. The molecule has 0 saturated heterocycles. The van der Waals surface area contributed by atoms with Gasteiger partial charge in [-0.3, -0.25) is 0 Å². The van der Waals surface area contributed by atoms with Crippen LogP contribution in [0.2, 0.25) is 0 Å². The van der Waals surface area contributed by atoms with E-state index in [-0.39, 0.29) is 11.4 Å². The lowest BCUT2D eigenvalue weighted by Crippen LogP contribution is -2.09. The molecule has 0 aliphatic rings. The van der Waals surface area contributed by atoms with Gasteiger partial charge in [0.2, 0.25) is 5.88 Å². The molecule has 3 rings (SSSR count). The summed E-state index contributed by atoms with van der Waals surface area (Å²) >= 11 is 0. The fourth-order valence-corrected chi connectivity index (χ4v) is 2.26. The summed E-state index contributed by atoms with van der Waals surface area (Å²) in [6.45, 7) is 0. The quantitative estimate of drug-likeness (QED) is 0.653. The highest BCUT2D eigenvalue weighted by Gasteiger charge is 2.11. The van der Waals surface area contributed by atoms with E-state index in [1.165, 1.54) is 30.3 Å². The monoisotopic (exact) mass is 354 g/mol. The van der Waals surface area contributed by atoms with Crippen molar-refractivity contribution in [3.05, 3.63) is 66.0 Å². The zero-order chi connectivity index (χ0) is 18.5. The lowest BCUT2D eigenvalue weighted by Gasteiger charge is -2.09. The zero-order valence-electron chi connectivity index (χ0n) is 14.1. The van der Waals surface area contributed by atoms with Gasteiger partial charge in [0.25, 0.3) is 0 Å². The minimum absolute atomic E-state index is 0.0450. The molecule has 132 valence electrons. The number of aromatic nitrogens is 2. The maximum Gasteiger partial charge on any atom is 0.344 e. The van der Waals surface area contributed by atoms with Crippen LogP contribution < -0.4 is 14.2 Å². The Bertz CT molecular complexity index is 912. The maximum atomic E-state index is 12.9. The predicted molar refractivity (Wildman–Crippen MR) is 91.9 cm³/mol. The van der Waals surface area contributed by atoms with Crippen molar-refractivity contribution in [2.24, 2.45) is 0 Å². The van der Waals surface area contributed by atoms with E-state index in [1.807, 2.05) is 6.07 Å². The summed E-state index contributed by atoms with van der Waals surface area (Å²) in [5.41, 5.74) is 1.57. The second-order valence-corrected chi connectivity index (χ2v) is 5.22. The Morgan fingerprint density at radius 1 is 0.885 bits per heavy atom. The standard InChI is InChI=1S/C19H15FN2O4/c1-24-16-9-5-13(11-17(16)25-2)15-8-10-18(22-21-15)26-19(23)12-3-6-14(20)7-4-12/h3-11H,1-2H3. The van der Waals surface area contributed by atoms with Crippen molar-refractivity contribution in [3.63, 3.8) is 0 Å². The normalized spacial score (nSPS) is 10.3. The second kappa shape index (κ2) is 7.60. The van der Waals surface area contributed by atoms with E-state index in [4.69, 9.17) is 14.2 Å². The van der Waals surface area contributed by atoms with E-state index < -0.39 is 11.8 Å². The topological polar surface area (TPSA) is 70.5 Å². The third-order valence-corrected chi connectivity index (χ3v) is 3.60. The van der Waals surface area contributed by atoms with E-state index >= 15 is 0 Å². The van der Waals surface area contributed by atoms with Crippen molar-refractivity contribution in [3.8, 4) is 28.6 Å². The summed E-state index contributed by atoms with van der Waals surface area (Å²) in [7, 11) is 3.10. The van der Waals surface area contributed by atoms with Crippen molar-refractivity contribution >= 4 is 5.97 Å². The van der Waals surface area contributed by atoms with Crippen LogP contribution in [-0.4, -0.2) is 30.4 Å². The molecule has 0 unspecified atom stereocenters. The van der Waals surface area contributed by atoms with Gasteiger partial charge in [-0.15, -0.1) is 10.2 Å². The van der Waals surface area contributed by atoms with Crippen LogP contribution in [0.5, 0.6) is 17.4 Å². The van der Waals surface area contributed by atoms with Crippen LogP contribution in [0.25, 0.3) is 11.3 Å². The minimum atomic E-state index is -0.641. The van der Waals surface area contributed by atoms with Crippen molar-refractivity contribution in [2.75, 3.05) is 14.2 Å². The van der Waals surface area contributed by atoms with Crippen molar-refractivity contribution in [1.29, 1.82) is 0 Å². The number of carbonyl (C=O) groups is 1. The molecule has 0 spiro atoms. The van der Waals surface area contributed by atoms with Gasteiger partial charge in [-0.25, -0.2) is 9.18 Å². The van der Waals surface area contributed by atoms with Gasteiger partial charge < -0.3 is 14.2 Å². The molecular formula is C19H15FN2O4. The molecular weight excluding hydrogens is 339 g/mol. The number of ether oxygens (including phenoxy) is 3. The summed E-state index contributed by atoms with van der Waals surface area (Å²) in [4.78, 5) is 12.0. The van der Waals surface area contributed by atoms with Crippen molar-refractivity contribution < 1.29 is 23.4 Å². The minimum Gasteiger partial charge on any atom is -0.493 e. The number of esters is 1. The predicted octanol–water partition coefficient (Wildman–Crippen LogP) is 3.52. The van der Waals surface area contributed by atoms with E-state index in [9.17, 15) is 9.18 Å². The Balaban J connectivity index is 1.76. The number of nitrogens with zero attached hydrogens (tertiary/aromatic N) is 2. The molecule has 6 nitrogen and oxygen atoms in total. The number of hydrogen-bond acceptors (Lipinski definition) is 6. The first kappa shape index (κ1) is 17.3. The van der Waals surface area contributed by atoms with Crippen LogP contribution in [-0.2, 0) is 0 Å². The van der Waals surface area contributed by atoms with Gasteiger partial charge in [-0.1, -0.05) is 0 Å². The summed E-state index contributed by atoms with van der Waals surface area (Å²) in [5, 5.41) is 7.95. The fraction of sp³-hybridized carbons (Fsp3) is 0.105. The van der Waals surface area contributed by atoms with Crippen molar-refractivity contribution in [2.45, 2.75) is 0 Å². The molecule has 0 atom stereocenters. The average molecular weight is 354 g/mol. The highest BCUT2D eigenvalue weighted by molar-refractivity contribution is 5.90. The molecule has 1 aromatic heterocycles. The molecule has 2 aromatic carbocycles. The molecule has 1 heterocycles. The van der Waals surface area contributed by atoms with Gasteiger partial charge >= 0.3 is 5.97 Å². The highest BCUT2D eigenvalue weighted by Crippen LogP contribution is 2.31. The van der Waals surface area contributed by atoms with Gasteiger partial charge in [-0.05, 0) is 48.5 Å². The Labute approximate surface area is 149 Å². The molecule has 0 fully saturated rings. The number of halogens is 1. The van der Waals surface area contributed by atoms with Gasteiger partial charge in [0.05, 0.1) is 25.5 Å². The van der Waals surface area contributed by atoms with Crippen molar-refractivity contribution in [1.82, 2.24) is 10.2 Å². The lowest BCUT2D eigenvalue weighted by molar-refractivity contribution is 0.0726. The molecule has 0 amide bonds.